The van der Waals surface area contributed by atoms with E-state index < -0.39 is 10.0 Å². The first-order chi connectivity index (χ1) is 18.0. The van der Waals surface area contributed by atoms with Gasteiger partial charge in [-0.1, -0.05) is 17.4 Å². The third kappa shape index (κ3) is 4.85. The first-order valence-corrected chi connectivity index (χ1v) is 14.9. The van der Waals surface area contributed by atoms with E-state index in [9.17, 15) is 18.0 Å². The summed E-state index contributed by atoms with van der Waals surface area (Å²) in [7, 11) is -2.53. The number of nitrogens with zero attached hydrogens (tertiary/aromatic N) is 3. The summed E-state index contributed by atoms with van der Waals surface area (Å²) < 4.78 is 28.5. The zero-order chi connectivity index (χ0) is 27.4. The zero-order valence-corrected chi connectivity index (χ0v) is 23.7. The van der Waals surface area contributed by atoms with Gasteiger partial charge in [0.05, 0.1) is 32.6 Å². The van der Waals surface area contributed by atoms with Gasteiger partial charge in [-0.3, -0.25) is 9.59 Å². The summed E-state index contributed by atoms with van der Waals surface area (Å²) in [4.78, 5) is 37.0. The monoisotopic (exact) mass is 553 g/mol. The van der Waals surface area contributed by atoms with E-state index in [1.807, 2.05) is 39.0 Å². The van der Waals surface area contributed by atoms with Crippen LogP contribution in [0.2, 0.25) is 0 Å². The molecule has 0 radical (unpaired) electrons. The number of hydrogen-bond acceptors (Lipinski definition) is 8. The molecule has 2 atom stereocenters. The average molecular weight is 554 g/mol. The number of anilines is 2. The second-order valence-corrected chi connectivity index (χ2v) is 12.9. The molecule has 1 aromatic carbocycles. The van der Waals surface area contributed by atoms with E-state index in [4.69, 9.17) is 0 Å². The predicted octanol–water partition coefficient (Wildman–Crippen LogP) is 4.61. The molecule has 0 bridgehead atoms. The molecule has 11 heteroatoms. The molecule has 9 nitrogen and oxygen atoms in total. The van der Waals surface area contributed by atoms with E-state index in [2.05, 4.69) is 20.0 Å². The molecule has 2 N–H and O–H groups in total. The number of nitrogens with one attached hydrogen (secondary N) is 2. The highest BCUT2D eigenvalue weighted by atomic mass is 32.2. The molecule has 1 amide bonds. The van der Waals surface area contributed by atoms with Crippen molar-refractivity contribution in [1.29, 1.82) is 0 Å². The van der Waals surface area contributed by atoms with Crippen LogP contribution >= 0.6 is 11.3 Å². The Kier molecular flexibility index (Phi) is 6.87. The van der Waals surface area contributed by atoms with Gasteiger partial charge < -0.3 is 10.2 Å². The molecule has 1 aliphatic heterocycles. The highest BCUT2D eigenvalue weighted by Crippen LogP contribution is 2.42. The number of aryl methyl sites for hydroxylation is 1. The second-order valence-electron chi connectivity index (χ2n) is 10.1. The summed E-state index contributed by atoms with van der Waals surface area (Å²) in [6.45, 7) is 7.66. The van der Waals surface area contributed by atoms with Gasteiger partial charge in [-0.25, -0.2) is 23.1 Å². The van der Waals surface area contributed by atoms with Gasteiger partial charge in [0.15, 0.2) is 5.13 Å². The van der Waals surface area contributed by atoms with Gasteiger partial charge in [-0.15, -0.1) is 0 Å². The summed E-state index contributed by atoms with van der Waals surface area (Å²) in [5.41, 5.74) is 3.07. The van der Waals surface area contributed by atoms with Crippen LogP contribution in [0.15, 0.2) is 35.2 Å². The highest BCUT2D eigenvalue weighted by molar-refractivity contribution is 7.89. The Bertz CT molecular complexity index is 1540. The fourth-order valence-corrected chi connectivity index (χ4v) is 6.80. The molecular formula is C27H31N5O4S2. The fourth-order valence-electron chi connectivity index (χ4n) is 4.85. The molecule has 1 aliphatic carbocycles. The molecule has 1 unspecified atom stereocenters. The van der Waals surface area contributed by atoms with E-state index in [1.54, 1.807) is 24.0 Å². The van der Waals surface area contributed by atoms with Gasteiger partial charge in [-0.05, 0) is 88.9 Å². The summed E-state index contributed by atoms with van der Waals surface area (Å²) in [5, 5.41) is 3.81. The van der Waals surface area contributed by atoms with E-state index in [-0.39, 0.29) is 34.1 Å². The average Bonchev–Trinajstić information content (AvgIpc) is 3.60. The molecule has 2 aliphatic rings. The highest BCUT2D eigenvalue weighted by Gasteiger charge is 2.41. The number of carbonyl (C=O) groups is 2. The summed E-state index contributed by atoms with van der Waals surface area (Å²) in [5.74, 6) is 0.538. The number of hydrogen-bond donors (Lipinski definition) is 2. The Morgan fingerprint density at radius 1 is 1.18 bits per heavy atom. The van der Waals surface area contributed by atoms with Gasteiger partial charge in [0.25, 0.3) is 5.91 Å². The number of fused-ring (bicyclic) bond motifs is 1. The number of benzene rings is 1. The van der Waals surface area contributed by atoms with Crippen LogP contribution in [-0.4, -0.2) is 48.1 Å². The third-order valence-electron chi connectivity index (χ3n) is 7.47. The van der Waals surface area contributed by atoms with Crippen LogP contribution < -0.4 is 10.0 Å². The van der Waals surface area contributed by atoms with E-state index in [1.165, 1.54) is 18.4 Å². The number of rotatable bonds is 9. The number of carbonyl (C=O) groups excluding carboxylic acids is 2. The Balaban J connectivity index is 1.51. The van der Waals surface area contributed by atoms with Crippen molar-refractivity contribution in [2.45, 2.75) is 63.9 Å². The fraction of sp³-hybridized carbons (Fsp3) is 0.407. The van der Waals surface area contributed by atoms with Crippen molar-refractivity contribution in [3.8, 4) is 10.4 Å². The molecule has 2 aromatic heterocycles. The first kappa shape index (κ1) is 26.5. The van der Waals surface area contributed by atoms with E-state index >= 15 is 0 Å². The topological polar surface area (TPSA) is 121 Å². The van der Waals surface area contributed by atoms with Crippen molar-refractivity contribution in [1.82, 2.24) is 19.6 Å². The molecule has 3 aromatic rings. The van der Waals surface area contributed by atoms with Crippen molar-refractivity contribution in [3.63, 3.8) is 0 Å². The summed E-state index contributed by atoms with van der Waals surface area (Å²) in [6.07, 6.45) is 2.19. The van der Waals surface area contributed by atoms with Crippen LogP contribution in [-0.2, 0) is 21.4 Å². The van der Waals surface area contributed by atoms with Crippen LogP contribution in [0.3, 0.4) is 0 Å². The van der Waals surface area contributed by atoms with Crippen LogP contribution in [0.5, 0.6) is 0 Å². The molecule has 1 saturated carbocycles. The van der Waals surface area contributed by atoms with Crippen LogP contribution in [0, 0.1) is 12.8 Å². The zero-order valence-electron chi connectivity index (χ0n) is 22.0. The lowest BCUT2D eigenvalue weighted by molar-refractivity contribution is -0.118. The van der Waals surface area contributed by atoms with Gasteiger partial charge in [0, 0.05) is 12.6 Å². The Morgan fingerprint density at radius 3 is 2.58 bits per heavy atom. The quantitative estimate of drug-likeness (QED) is 0.397. The largest absolute Gasteiger partial charge is 0.331 e. The standard InChI is InChI=1S/C27H31N5O4S2/c1-14(17(4)33)21-7-6-8-23(30-21)31-27-29-15(2)25(37-27)19-11-20-13-32(16(3)18-9-10-18)26(34)24(20)22(12-19)38(35,36)28-5/h6-8,11-12,14,16,18,28H,9-10,13H2,1-5H3,(H,29,30,31)/t14?,16-/m0/s1. The molecule has 5 rings (SSSR count). The summed E-state index contributed by atoms with van der Waals surface area (Å²) >= 11 is 1.38. The maximum atomic E-state index is 13.4. The molecule has 1 fully saturated rings. The lowest BCUT2D eigenvalue weighted by Crippen LogP contribution is -2.35. The van der Waals surface area contributed by atoms with E-state index in [0.717, 1.165) is 23.4 Å². The Hall–Kier alpha value is -3.15. The molecule has 200 valence electrons. The molecule has 0 spiro atoms. The number of Topliss-reactive ketones (excluding diaryl/α,β-unsaturated/α-hetero) is 1. The molecule has 38 heavy (non-hydrogen) atoms. The summed E-state index contributed by atoms with van der Waals surface area (Å²) in [6, 6.07) is 9.02. The van der Waals surface area contributed by atoms with Gasteiger partial charge in [0.1, 0.15) is 11.6 Å². The minimum absolute atomic E-state index is 0.00195. The van der Waals surface area contributed by atoms with Crippen molar-refractivity contribution < 1.29 is 18.0 Å². The van der Waals surface area contributed by atoms with Gasteiger partial charge in [0.2, 0.25) is 10.0 Å². The maximum absolute atomic E-state index is 13.4. The lowest BCUT2D eigenvalue weighted by Gasteiger charge is -2.24. The minimum Gasteiger partial charge on any atom is -0.331 e. The molecular weight excluding hydrogens is 522 g/mol. The molecule has 3 heterocycles. The van der Waals surface area contributed by atoms with Crippen molar-refractivity contribution in [3.05, 3.63) is 52.8 Å². The molecule has 0 saturated heterocycles. The van der Waals surface area contributed by atoms with Gasteiger partial charge >= 0.3 is 0 Å². The van der Waals surface area contributed by atoms with Crippen molar-refractivity contribution >= 4 is 44.0 Å². The Morgan fingerprint density at radius 2 is 1.92 bits per heavy atom. The lowest BCUT2D eigenvalue weighted by atomic mass is 10.0. The predicted molar refractivity (Wildman–Crippen MR) is 147 cm³/mol. The maximum Gasteiger partial charge on any atom is 0.256 e. The van der Waals surface area contributed by atoms with Crippen molar-refractivity contribution in [2.75, 3.05) is 12.4 Å². The van der Waals surface area contributed by atoms with Crippen molar-refractivity contribution in [2.24, 2.45) is 5.92 Å². The number of thiazole rings is 1. The van der Waals surface area contributed by atoms with Crippen LogP contribution in [0.1, 0.15) is 66.8 Å². The smallest absolute Gasteiger partial charge is 0.256 e. The number of aromatic nitrogens is 2. The minimum atomic E-state index is -3.88. The number of amides is 1. The van der Waals surface area contributed by atoms with Crippen LogP contribution in [0.25, 0.3) is 10.4 Å². The van der Waals surface area contributed by atoms with E-state index in [0.29, 0.717) is 40.2 Å². The number of ketones is 1. The van der Waals surface area contributed by atoms with Crippen LogP contribution in [0.4, 0.5) is 10.9 Å². The SMILES string of the molecule is CNS(=O)(=O)c1cc(-c2sc(Nc3cccc(C(C)C(C)=O)n3)nc2C)cc2c1C(=O)N([C@@H](C)C1CC1)C2. The first-order valence-electron chi connectivity index (χ1n) is 12.6. The Labute approximate surface area is 226 Å². The third-order valence-corrected chi connectivity index (χ3v) is 10.0. The normalized spacial score (nSPS) is 16.9. The number of sulfonamides is 1. The number of pyridine rings is 1. The second kappa shape index (κ2) is 9.87. The van der Waals surface area contributed by atoms with Gasteiger partial charge in [-0.2, -0.15) is 0 Å².